The van der Waals surface area contributed by atoms with Crippen LogP contribution in [0.5, 0.6) is 0 Å². The number of amides is 1. The van der Waals surface area contributed by atoms with Crippen LogP contribution in [0.1, 0.15) is 44.6 Å². The summed E-state index contributed by atoms with van der Waals surface area (Å²) in [4.78, 5) is 15.9. The molecule has 3 N–H and O–H groups in total. The van der Waals surface area contributed by atoms with E-state index in [9.17, 15) is 4.79 Å². The predicted octanol–water partition coefficient (Wildman–Crippen LogP) is 3.99. The fourth-order valence-corrected chi connectivity index (χ4v) is 3.81. The average Bonchev–Trinajstić information content (AvgIpc) is 3.07. The number of hydrogen-bond donors (Lipinski definition) is 3. The van der Waals surface area contributed by atoms with Crippen LogP contribution in [0.15, 0.2) is 29.3 Å². The fourth-order valence-electron chi connectivity index (χ4n) is 3.02. The second-order valence-electron chi connectivity index (χ2n) is 6.43. The first-order chi connectivity index (χ1) is 12.1. The summed E-state index contributed by atoms with van der Waals surface area (Å²) in [5, 5.41) is 10.6. The minimum Gasteiger partial charge on any atom is -0.354 e. The summed E-state index contributed by atoms with van der Waals surface area (Å²) in [7, 11) is 1.81. The number of rotatable bonds is 7. The quantitative estimate of drug-likeness (QED) is 0.307. The van der Waals surface area contributed by atoms with Crippen LogP contribution in [0.4, 0.5) is 5.69 Å². The van der Waals surface area contributed by atoms with Crippen molar-refractivity contribution >= 4 is 53.3 Å². The van der Waals surface area contributed by atoms with Gasteiger partial charge in [-0.1, -0.05) is 19.1 Å². The lowest BCUT2D eigenvalue weighted by atomic mass is 10.2. The maximum absolute atomic E-state index is 11.6. The molecule has 26 heavy (non-hydrogen) atoms. The molecule has 0 radical (unpaired) electrons. The zero-order chi connectivity index (χ0) is 18.1. The van der Waals surface area contributed by atoms with E-state index in [1.807, 2.05) is 50.0 Å². The maximum Gasteiger partial charge on any atom is 0.224 e. The lowest BCUT2D eigenvalue weighted by Gasteiger charge is -2.17. The van der Waals surface area contributed by atoms with Crippen LogP contribution in [-0.4, -0.2) is 36.5 Å². The average molecular weight is 490 g/mol. The first-order valence-electron chi connectivity index (χ1n) is 9.03. The van der Waals surface area contributed by atoms with Gasteiger partial charge in [0.2, 0.25) is 5.91 Å². The number of aliphatic imine (C=N–C) groups is 1. The Bertz CT molecular complexity index is 579. The molecule has 1 aliphatic carbocycles. The minimum atomic E-state index is 0. The summed E-state index contributed by atoms with van der Waals surface area (Å²) in [6.07, 6.45) is 7.30. The van der Waals surface area contributed by atoms with E-state index in [0.717, 1.165) is 28.9 Å². The second-order valence-corrected chi connectivity index (χ2v) is 7.57. The molecule has 1 aromatic rings. The monoisotopic (exact) mass is 490 g/mol. The van der Waals surface area contributed by atoms with Gasteiger partial charge in [-0.3, -0.25) is 9.79 Å². The molecule has 0 spiro atoms. The van der Waals surface area contributed by atoms with Crippen molar-refractivity contribution in [2.75, 3.05) is 18.6 Å². The number of nitrogens with one attached hydrogen (secondary N) is 3. The molecule has 7 heteroatoms. The lowest BCUT2D eigenvalue weighted by molar-refractivity contribution is -0.116. The Labute approximate surface area is 178 Å². The van der Waals surface area contributed by atoms with Gasteiger partial charge in [0.15, 0.2) is 5.96 Å². The Morgan fingerprint density at radius 2 is 2.00 bits per heavy atom. The van der Waals surface area contributed by atoms with E-state index in [0.29, 0.717) is 19.0 Å². The standard InChI is InChI=1S/C19H30N4OS.HI/c1-4-5-18(24)22-15-8-6-14(7-9-15)13-21-19(20-2)23-16-10-11-17(12-16)25-3;/h6-9,16-17H,4-5,10-13H2,1-3H3,(H,22,24)(H2,20,21,23);1H. The third-order valence-electron chi connectivity index (χ3n) is 4.46. The van der Waals surface area contributed by atoms with Gasteiger partial charge in [0.1, 0.15) is 0 Å². The number of carbonyl (C=O) groups is 1. The van der Waals surface area contributed by atoms with Crippen molar-refractivity contribution in [2.24, 2.45) is 4.99 Å². The second kappa shape index (κ2) is 12.4. The molecule has 2 unspecified atom stereocenters. The normalized spacial score (nSPS) is 19.6. The molecule has 5 nitrogen and oxygen atoms in total. The molecule has 1 amide bonds. The fraction of sp³-hybridized carbons (Fsp3) is 0.579. The molecule has 146 valence electrons. The van der Waals surface area contributed by atoms with Gasteiger partial charge < -0.3 is 16.0 Å². The summed E-state index contributed by atoms with van der Waals surface area (Å²) in [6.45, 7) is 2.71. The SMILES string of the molecule is CCCC(=O)Nc1ccc(CNC(=NC)NC2CCC(SC)C2)cc1.I. The van der Waals surface area contributed by atoms with E-state index < -0.39 is 0 Å². The van der Waals surface area contributed by atoms with Crippen molar-refractivity contribution in [2.45, 2.75) is 56.9 Å². The van der Waals surface area contributed by atoms with E-state index >= 15 is 0 Å². The Hall–Kier alpha value is -0.960. The number of nitrogens with zero attached hydrogens (tertiary/aromatic N) is 1. The van der Waals surface area contributed by atoms with E-state index in [1.54, 1.807) is 0 Å². The van der Waals surface area contributed by atoms with Crippen LogP contribution in [0, 0.1) is 0 Å². The van der Waals surface area contributed by atoms with Gasteiger partial charge in [-0.25, -0.2) is 0 Å². The van der Waals surface area contributed by atoms with Crippen LogP contribution in [0.3, 0.4) is 0 Å². The lowest BCUT2D eigenvalue weighted by Crippen LogP contribution is -2.42. The van der Waals surface area contributed by atoms with E-state index in [4.69, 9.17) is 0 Å². The topological polar surface area (TPSA) is 65.5 Å². The molecule has 1 saturated carbocycles. The zero-order valence-electron chi connectivity index (χ0n) is 15.9. The number of benzene rings is 1. The number of guanidine groups is 1. The largest absolute Gasteiger partial charge is 0.354 e. The Morgan fingerprint density at radius 1 is 1.27 bits per heavy atom. The highest BCUT2D eigenvalue weighted by molar-refractivity contribution is 14.0. The number of carbonyl (C=O) groups excluding carboxylic acids is 1. The van der Waals surface area contributed by atoms with Crippen molar-refractivity contribution in [3.05, 3.63) is 29.8 Å². The molecule has 0 saturated heterocycles. The van der Waals surface area contributed by atoms with Crippen LogP contribution >= 0.6 is 35.7 Å². The van der Waals surface area contributed by atoms with Gasteiger partial charge in [0, 0.05) is 37.0 Å². The van der Waals surface area contributed by atoms with Gasteiger partial charge in [-0.15, -0.1) is 24.0 Å². The molecule has 0 aliphatic heterocycles. The van der Waals surface area contributed by atoms with E-state index in [2.05, 4.69) is 27.2 Å². The van der Waals surface area contributed by atoms with Gasteiger partial charge in [-0.05, 0) is 49.6 Å². The van der Waals surface area contributed by atoms with E-state index in [-0.39, 0.29) is 29.9 Å². The third kappa shape index (κ3) is 7.73. The molecule has 1 aliphatic rings. The van der Waals surface area contributed by atoms with Crippen LogP contribution in [0.25, 0.3) is 0 Å². The first kappa shape index (κ1) is 23.1. The minimum absolute atomic E-state index is 0. The molecule has 0 aromatic heterocycles. The van der Waals surface area contributed by atoms with Crippen molar-refractivity contribution in [1.29, 1.82) is 0 Å². The number of thioether (sulfide) groups is 1. The summed E-state index contributed by atoms with van der Waals surface area (Å²) < 4.78 is 0. The van der Waals surface area contributed by atoms with Gasteiger partial charge in [-0.2, -0.15) is 11.8 Å². The Morgan fingerprint density at radius 3 is 2.58 bits per heavy atom. The molecule has 2 rings (SSSR count). The smallest absolute Gasteiger partial charge is 0.224 e. The Kier molecular flexibility index (Phi) is 11.0. The number of hydrogen-bond acceptors (Lipinski definition) is 3. The molecular formula is C19H31IN4OS. The van der Waals surface area contributed by atoms with Gasteiger partial charge in [0.05, 0.1) is 0 Å². The zero-order valence-corrected chi connectivity index (χ0v) is 19.0. The molecular weight excluding hydrogens is 459 g/mol. The molecule has 0 bridgehead atoms. The van der Waals surface area contributed by atoms with Gasteiger partial charge >= 0.3 is 0 Å². The van der Waals surface area contributed by atoms with E-state index in [1.165, 1.54) is 19.3 Å². The molecule has 2 atom stereocenters. The van der Waals surface area contributed by atoms with Gasteiger partial charge in [0.25, 0.3) is 0 Å². The summed E-state index contributed by atoms with van der Waals surface area (Å²) in [6, 6.07) is 8.46. The van der Waals surface area contributed by atoms with Crippen molar-refractivity contribution in [1.82, 2.24) is 10.6 Å². The predicted molar refractivity (Wildman–Crippen MR) is 124 cm³/mol. The summed E-state index contributed by atoms with van der Waals surface area (Å²) >= 11 is 1.96. The van der Waals surface area contributed by atoms with Crippen LogP contribution in [0.2, 0.25) is 0 Å². The maximum atomic E-state index is 11.6. The first-order valence-corrected chi connectivity index (χ1v) is 10.3. The summed E-state index contributed by atoms with van der Waals surface area (Å²) in [5.41, 5.74) is 2.00. The van der Waals surface area contributed by atoms with Crippen molar-refractivity contribution in [3.63, 3.8) is 0 Å². The number of anilines is 1. The van der Waals surface area contributed by atoms with Crippen molar-refractivity contribution in [3.8, 4) is 0 Å². The summed E-state index contributed by atoms with van der Waals surface area (Å²) in [5.74, 6) is 0.921. The highest BCUT2D eigenvalue weighted by Gasteiger charge is 2.24. The van der Waals surface area contributed by atoms with Crippen LogP contribution < -0.4 is 16.0 Å². The molecule has 1 fully saturated rings. The number of halogens is 1. The Balaban J connectivity index is 0.00000338. The highest BCUT2D eigenvalue weighted by atomic mass is 127. The highest BCUT2D eigenvalue weighted by Crippen LogP contribution is 2.28. The third-order valence-corrected chi connectivity index (χ3v) is 5.55. The van der Waals surface area contributed by atoms with Crippen LogP contribution in [-0.2, 0) is 11.3 Å². The van der Waals surface area contributed by atoms with Crippen molar-refractivity contribution < 1.29 is 4.79 Å². The molecule has 1 aromatic carbocycles. The molecule has 0 heterocycles.